The maximum Gasteiger partial charge on any atom is 0.262 e. The van der Waals surface area contributed by atoms with Gasteiger partial charge in [-0.2, -0.15) is 0 Å². The number of aryl methyl sites for hydroxylation is 2. The zero-order valence-corrected chi connectivity index (χ0v) is 19.6. The molecule has 0 aliphatic heterocycles. The predicted octanol–water partition coefficient (Wildman–Crippen LogP) is 5.01. The first-order chi connectivity index (χ1) is 15.2. The van der Waals surface area contributed by atoms with E-state index in [0.29, 0.717) is 5.69 Å². The summed E-state index contributed by atoms with van der Waals surface area (Å²) in [5, 5.41) is 2.86. The van der Waals surface area contributed by atoms with E-state index in [1.807, 2.05) is 62.4 Å². The largest absolute Gasteiger partial charge is 0.482 e. The molecule has 0 heterocycles. The van der Waals surface area contributed by atoms with E-state index in [1.54, 1.807) is 6.92 Å². The Kier molecular flexibility index (Phi) is 7.56. The molecule has 168 valence electrons. The Morgan fingerprint density at radius 2 is 1.72 bits per heavy atom. The van der Waals surface area contributed by atoms with Gasteiger partial charge in [0.2, 0.25) is 10.0 Å². The zero-order chi connectivity index (χ0) is 23.3. The van der Waals surface area contributed by atoms with Crippen LogP contribution in [-0.4, -0.2) is 20.9 Å². The third kappa shape index (κ3) is 6.09. The fourth-order valence-electron chi connectivity index (χ4n) is 3.04. The van der Waals surface area contributed by atoms with Crippen molar-refractivity contribution < 1.29 is 17.9 Å². The molecule has 0 fully saturated rings. The molecule has 1 amide bonds. The highest BCUT2D eigenvalue weighted by atomic mass is 35.5. The van der Waals surface area contributed by atoms with Gasteiger partial charge < -0.3 is 10.1 Å². The van der Waals surface area contributed by atoms with Crippen molar-refractivity contribution >= 4 is 33.2 Å². The highest BCUT2D eigenvalue weighted by Crippen LogP contribution is 2.28. The third-order valence-electron chi connectivity index (χ3n) is 4.99. The molecule has 0 spiro atoms. The van der Waals surface area contributed by atoms with Gasteiger partial charge in [0.25, 0.3) is 5.91 Å². The number of anilines is 1. The van der Waals surface area contributed by atoms with E-state index in [4.69, 9.17) is 16.3 Å². The van der Waals surface area contributed by atoms with E-state index < -0.39 is 16.1 Å². The van der Waals surface area contributed by atoms with E-state index in [-0.39, 0.29) is 28.2 Å². The number of nitrogens with one attached hydrogen (secondary N) is 2. The number of halogens is 1. The Hall–Kier alpha value is -2.87. The molecule has 0 bridgehead atoms. The first-order valence-electron chi connectivity index (χ1n) is 10.0. The molecule has 3 aromatic carbocycles. The maximum atomic E-state index is 12.7. The van der Waals surface area contributed by atoms with Crippen LogP contribution in [0.3, 0.4) is 0 Å². The number of ether oxygens (including phenoxy) is 1. The van der Waals surface area contributed by atoms with E-state index in [2.05, 4.69) is 10.0 Å². The molecule has 3 rings (SSSR count). The Morgan fingerprint density at radius 3 is 2.38 bits per heavy atom. The van der Waals surface area contributed by atoms with Crippen molar-refractivity contribution in [2.45, 2.75) is 31.7 Å². The number of rotatable bonds is 8. The minimum absolute atomic E-state index is 0.0113. The lowest BCUT2D eigenvalue weighted by Crippen LogP contribution is -2.27. The van der Waals surface area contributed by atoms with Crippen LogP contribution in [0.4, 0.5) is 5.69 Å². The minimum Gasteiger partial charge on any atom is -0.482 e. The molecule has 8 heteroatoms. The fraction of sp³-hybridized carbons (Fsp3) is 0.208. The van der Waals surface area contributed by atoms with E-state index in [1.165, 1.54) is 18.2 Å². The van der Waals surface area contributed by atoms with Gasteiger partial charge in [0, 0.05) is 11.7 Å². The molecule has 0 unspecified atom stereocenters. The number of benzene rings is 3. The summed E-state index contributed by atoms with van der Waals surface area (Å²) in [7, 11) is -3.80. The lowest BCUT2D eigenvalue weighted by Gasteiger charge is -2.15. The Morgan fingerprint density at radius 1 is 1.00 bits per heavy atom. The molecule has 3 aromatic rings. The van der Waals surface area contributed by atoms with Crippen molar-refractivity contribution in [3.8, 4) is 5.75 Å². The molecule has 6 nitrogen and oxygen atoms in total. The summed E-state index contributed by atoms with van der Waals surface area (Å²) < 4.78 is 33.6. The molecule has 0 aliphatic carbocycles. The molecule has 0 saturated carbocycles. The highest BCUT2D eigenvalue weighted by molar-refractivity contribution is 7.89. The van der Waals surface area contributed by atoms with Gasteiger partial charge in [-0.05, 0) is 67.8 Å². The Bertz CT molecular complexity index is 1210. The molecule has 32 heavy (non-hydrogen) atoms. The van der Waals surface area contributed by atoms with Gasteiger partial charge in [-0.15, -0.1) is 0 Å². The quantitative estimate of drug-likeness (QED) is 0.482. The van der Waals surface area contributed by atoms with E-state index >= 15 is 0 Å². The summed E-state index contributed by atoms with van der Waals surface area (Å²) in [6.45, 7) is 5.46. The van der Waals surface area contributed by atoms with Crippen LogP contribution in [0.15, 0.2) is 71.6 Å². The van der Waals surface area contributed by atoms with E-state index in [0.717, 1.165) is 16.7 Å². The molecular weight excluding hydrogens is 448 g/mol. The summed E-state index contributed by atoms with van der Waals surface area (Å²) in [4.78, 5) is 12.2. The van der Waals surface area contributed by atoms with Gasteiger partial charge in [-0.25, -0.2) is 13.1 Å². The molecule has 0 aliphatic rings. The van der Waals surface area contributed by atoms with Crippen LogP contribution in [0.5, 0.6) is 5.75 Å². The monoisotopic (exact) mass is 472 g/mol. The predicted molar refractivity (Wildman–Crippen MR) is 127 cm³/mol. The van der Waals surface area contributed by atoms with Crippen molar-refractivity contribution in [2.75, 3.05) is 11.9 Å². The Balaban J connectivity index is 1.62. The van der Waals surface area contributed by atoms with E-state index in [9.17, 15) is 13.2 Å². The zero-order valence-electron chi connectivity index (χ0n) is 18.1. The molecule has 0 saturated heterocycles. The van der Waals surface area contributed by atoms with Crippen molar-refractivity contribution in [3.63, 3.8) is 0 Å². The van der Waals surface area contributed by atoms with Crippen LogP contribution in [0.2, 0.25) is 5.02 Å². The maximum absolute atomic E-state index is 12.7. The second-order valence-electron chi connectivity index (χ2n) is 7.48. The van der Waals surface area contributed by atoms with Gasteiger partial charge in [0.15, 0.2) is 6.61 Å². The standard InChI is InChI=1S/C24H25ClN2O4S/c1-16-9-10-20(13-17(16)2)26-24(28)15-31-23-12-11-21(14-22(23)25)32(29,30)27-18(3)19-7-5-4-6-8-19/h4-14,18,27H,15H2,1-3H3,(H,26,28)/t18-/m0/s1. The van der Waals surface area contributed by atoms with Crippen LogP contribution in [0.25, 0.3) is 0 Å². The molecular formula is C24H25ClN2O4S. The summed E-state index contributed by atoms with van der Waals surface area (Å²) >= 11 is 6.22. The Labute approximate surface area is 193 Å². The SMILES string of the molecule is Cc1ccc(NC(=O)COc2ccc(S(=O)(=O)N[C@@H](C)c3ccccc3)cc2Cl)cc1C. The van der Waals surface area contributed by atoms with Crippen LogP contribution < -0.4 is 14.8 Å². The molecule has 1 atom stereocenters. The van der Waals surface area contributed by atoms with Crippen molar-refractivity contribution in [3.05, 3.63) is 88.4 Å². The second-order valence-corrected chi connectivity index (χ2v) is 9.60. The molecule has 0 radical (unpaired) electrons. The molecule has 2 N–H and O–H groups in total. The van der Waals surface area contributed by atoms with Gasteiger partial charge in [0.05, 0.1) is 9.92 Å². The number of carbonyl (C=O) groups is 1. The highest BCUT2D eigenvalue weighted by Gasteiger charge is 2.20. The average Bonchev–Trinajstić information content (AvgIpc) is 2.75. The summed E-state index contributed by atoms with van der Waals surface area (Å²) in [5.41, 5.74) is 3.72. The lowest BCUT2D eigenvalue weighted by molar-refractivity contribution is -0.118. The third-order valence-corrected chi connectivity index (χ3v) is 6.83. The number of hydrogen-bond donors (Lipinski definition) is 2. The van der Waals surface area contributed by atoms with Crippen LogP contribution >= 0.6 is 11.6 Å². The number of sulfonamides is 1. The summed E-state index contributed by atoms with van der Waals surface area (Å²) in [5.74, 6) is -0.128. The van der Waals surface area contributed by atoms with Gasteiger partial charge in [-0.1, -0.05) is 48.0 Å². The summed E-state index contributed by atoms with van der Waals surface area (Å²) in [6.07, 6.45) is 0. The van der Waals surface area contributed by atoms with Crippen LogP contribution in [0.1, 0.15) is 29.7 Å². The fourth-order valence-corrected chi connectivity index (χ4v) is 4.59. The average molecular weight is 473 g/mol. The number of carbonyl (C=O) groups excluding carboxylic acids is 1. The summed E-state index contributed by atoms with van der Waals surface area (Å²) in [6, 6.07) is 18.6. The second kappa shape index (κ2) is 10.2. The topological polar surface area (TPSA) is 84.5 Å². The normalized spacial score (nSPS) is 12.2. The van der Waals surface area contributed by atoms with Crippen molar-refractivity contribution in [1.29, 1.82) is 0 Å². The van der Waals surface area contributed by atoms with Crippen molar-refractivity contribution in [1.82, 2.24) is 4.72 Å². The molecule has 0 aromatic heterocycles. The van der Waals surface area contributed by atoms with Gasteiger partial charge >= 0.3 is 0 Å². The van der Waals surface area contributed by atoms with Gasteiger partial charge in [-0.3, -0.25) is 4.79 Å². The number of amides is 1. The minimum atomic E-state index is -3.80. The smallest absolute Gasteiger partial charge is 0.262 e. The first kappa shape index (κ1) is 23.8. The van der Waals surface area contributed by atoms with Crippen LogP contribution in [-0.2, 0) is 14.8 Å². The van der Waals surface area contributed by atoms with Crippen LogP contribution in [0, 0.1) is 13.8 Å². The number of hydrogen-bond acceptors (Lipinski definition) is 4. The van der Waals surface area contributed by atoms with Crippen molar-refractivity contribution in [2.24, 2.45) is 0 Å². The van der Waals surface area contributed by atoms with Gasteiger partial charge in [0.1, 0.15) is 5.75 Å². The lowest BCUT2D eigenvalue weighted by atomic mass is 10.1. The first-order valence-corrected chi connectivity index (χ1v) is 11.9.